The minimum atomic E-state index is -0.292. The minimum absolute atomic E-state index is 0.292. The summed E-state index contributed by atoms with van der Waals surface area (Å²) in [6.45, 7) is 10.1. The Morgan fingerprint density at radius 3 is 2.67 bits per heavy atom. The molecule has 0 saturated carbocycles. The number of hydrogen-bond acceptors (Lipinski definition) is 3. The molecular weight excluding hydrogens is 411 g/mol. The maximum Gasteiger partial charge on any atom is 0.123 e. The van der Waals surface area contributed by atoms with Crippen molar-refractivity contribution < 1.29 is 9.18 Å². The van der Waals surface area contributed by atoms with E-state index in [4.69, 9.17) is 4.98 Å². The molecule has 0 aliphatic carbocycles. The lowest BCUT2D eigenvalue weighted by Gasteiger charge is -2.14. The van der Waals surface area contributed by atoms with E-state index >= 15 is 0 Å². The van der Waals surface area contributed by atoms with Gasteiger partial charge in [0.2, 0.25) is 0 Å². The van der Waals surface area contributed by atoms with E-state index in [2.05, 4.69) is 19.2 Å². The molecule has 0 saturated heterocycles. The van der Waals surface area contributed by atoms with Crippen molar-refractivity contribution in [1.29, 1.82) is 5.26 Å². The molecule has 0 radical (unpaired) electrons. The van der Waals surface area contributed by atoms with Gasteiger partial charge in [0, 0.05) is 17.7 Å². The largest absolute Gasteiger partial charge is 0.303 e. The Balaban J connectivity index is 2.25. The normalized spacial score (nSPS) is 11.4. The number of benzene rings is 1. The quantitative estimate of drug-likeness (QED) is 0.181. The Bertz CT molecular complexity index is 1090. The Labute approximate surface area is 196 Å². The molecule has 0 spiro atoms. The first-order valence-corrected chi connectivity index (χ1v) is 11.3. The summed E-state index contributed by atoms with van der Waals surface area (Å²) >= 11 is 0. The number of aldehydes is 1. The molecule has 0 fully saturated rings. The van der Waals surface area contributed by atoms with E-state index in [1.54, 1.807) is 12.1 Å². The fourth-order valence-corrected chi connectivity index (χ4v) is 3.53. The summed E-state index contributed by atoms with van der Waals surface area (Å²) in [5.41, 5.74) is 5.62. The number of hydrogen-bond donors (Lipinski definition) is 0. The zero-order valence-corrected chi connectivity index (χ0v) is 19.3. The number of nitriles is 1. The highest BCUT2D eigenvalue weighted by Crippen LogP contribution is 2.28. The molecule has 0 aliphatic rings. The van der Waals surface area contributed by atoms with Crippen LogP contribution in [0.5, 0.6) is 0 Å². The number of aryl methyl sites for hydroxylation is 1. The van der Waals surface area contributed by atoms with Gasteiger partial charge in [-0.3, -0.25) is 4.98 Å². The van der Waals surface area contributed by atoms with Crippen LogP contribution >= 0.6 is 0 Å². The van der Waals surface area contributed by atoms with Crippen LogP contribution in [0.3, 0.4) is 0 Å². The highest BCUT2D eigenvalue weighted by molar-refractivity contribution is 5.71. The van der Waals surface area contributed by atoms with Gasteiger partial charge >= 0.3 is 0 Å². The molecule has 0 bridgehead atoms. The summed E-state index contributed by atoms with van der Waals surface area (Å²) in [7, 11) is 0. The maximum absolute atomic E-state index is 13.9. The number of halogens is 1. The van der Waals surface area contributed by atoms with Crippen LogP contribution in [0.2, 0.25) is 0 Å². The van der Waals surface area contributed by atoms with Crippen LogP contribution in [0.25, 0.3) is 16.8 Å². The minimum Gasteiger partial charge on any atom is -0.303 e. The number of carbonyl (C=O) groups excluding carboxylic acids is 1. The van der Waals surface area contributed by atoms with Crippen molar-refractivity contribution in [2.45, 2.75) is 51.9 Å². The van der Waals surface area contributed by atoms with E-state index in [0.717, 1.165) is 59.2 Å². The van der Waals surface area contributed by atoms with Gasteiger partial charge in [-0.1, -0.05) is 56.0 Å². The first kappa shape index (κ1) is 25.7. The van der Waals surface area contributed by atoms with Gasteiger partial charge in [0.25, 0.3) is 0 Å². The number of pyridine rings is 1. The molecule has 1 aromatic heterocycles. The molecule has 0 amide bonds. The predicted molar refractivity (Wildman–Crippen MR) is 134 cm³/mol. The standard InChI is InChI=1S/C29H31FN2O/c1-4-5-14-25(30)20-22(2)11-10-16-28-26(23(3)12-8-9-19-33)17-18-29(32-28)27-15-7-6-13-24(27)21-31/h5-7,13-15,17-20H,2-4,8-12,16H2,1H3/b14-5-,25-20+. The molecule has 2 rings (SSSR count). The van der Waals surface area contributed by atoms with Crippen molar-refractivity contribution in [2.24, 2.45) is 0 Å². The Morgan fingerprint density at radius 1 is 1.15 bits per heavy atom. The molecule has 1 aromatic carbocycles. The average molecular weight is 443 g/mol. The molecule has 0 N–H and O–H groups in total. The van der Waals surface area contributed by atoms with E-state index in [1.165, 1.54) is 12.2 Å². The molecule has 0 atom stereocenters. The summed E-state index contributed by atoms with van der Waals surface area (Å²) in [5.74, 6) is -0.292. The molecule has 2 aromatic rings. The second kappa shape index (κ2) is 13.8. The van der Waals surface area contributed by atoms with Crippen molar-refractivity contribution in [1.82, 2.24) is 4.98 Å². The number of unbranched alkanes of at least 4 members (excludes halogenated alkanes) is 1. The maximum atomic E-state index is 13.9. The van der Waals surface area contributed by atoms with Crippen LogP contribution in [0.15, 0.2) is 79.2 Å². The molecular formula is C29H31FN2O. The van der Waals surface area contributed by atoms with Gasteiger partial charge in [0.05, 0.1) is 17.3 Å². The highest BCUT2D eigenvalue weighted by atomic mass is 19.1. The van der Waals surface area contributed by atoms with Crippen molar-refractivity contribution in [3.8, 4) is 17.3 Å². The van der Waals surface area contributed by atoms with Crippen LogP contribution in [-0.4, -0.2) is 11.3 Å². The van der Waals surface area contributed by atoms with Crippen molar-refractivity contribution in [2.75, 3.05) is 0 Å². The average Bonchev–Trinajstić information content (AvgIpc) is 2.82. The van der Waals surface area contributed by atoms with Gasteiger partial charge in [-0.2, -0.15) is 5.26 Å². The third-order valence-corrected chi connectivity index (χ3v) is 5.25. The Kier molecular flexibility index (Phi) is 10.7. The predicted octanol–water partition coefficient (Wildman–Crippen LogP) is 7.70. The van der Waals surface area contributed by atoms with Gasteiger partial charge in [-0.15, -0.1) is 0 Å². The molecule has 0 unspecified atom stereocenters. The molecule has 1 heterocycles. The number of aromatic nitrogens is 1. The number of allylic oxidation sites excluding steroid dienone is 6. The third kappa shape index (κ3) is 8.12. The van der Waals surface area contributed by atoms with Gasteiger partial charge in [-0.25, -0.2) is 4.39 Å². The van der Waals surface area contributed by atoms with Crippen LogP contribution < -0.4 is 0 Å². The van der Waals surface area contributed by atoms with Crippen molar-refractivity contribution in [3.63, 3.8) is 0 Å². The second-order valence-electron chi connectivity index (χ2n) is 7.86. The first-order valence-electron chi connectivity index (χ1n) is 11.3. The van der Waals surface area contributed by atoms with E-state index in [0.29, 0.717) is 31.2 Å². The van der Waals surface area contributed by atoms with Crippen LogP contribution in [0.4, 0.5) is 4.39 Å². The molecule has 4 heteroatoms. The third-order valence-electron chi connectivity index (χ3n) is 5.25. The number of carbonyl (C=O) groups is 1. The Morgan fingerprint density at radius 2 is 1.94 bits per heavy atom. The van der Waals surface area contributed by atoms with Crippen LogP contribution in [-0.2, 0) is 11.2 Å². The summed E-state index contributed by atoms with van der Waals surface area (Å²) in [4.78, 5) is 15.6. The molecule has 0 aliphatic heterocycles. The van der Waals surface area contributed by atoms with Crippen molar-refractivity contribution in [3.05, 3.63) is 96.0 Å². The number of nitrogens with zero attached hydrogens (tertiary/aromatic N) is 2. The Hall–Kier alpha value is -3.58. The summed E-state index contributed by atoms with van der Waals surface area (Å²) in [5, 5.41) is 9.47. The lowest BCUT2D eigenvalue weighted by atomic mass is 9.95. The van der Waals surface area contributed by atoms with Gasteiger partial charge in [-0.05, 0) is 73.9 Å². The highest BCUT2D eigenvalue weighted by Gasteiger charge is 2.12. The smallest absolute Gasteiger partial charge is 0.123 e. The lowest BCUT2D eigenvalue weighted by molar-refractivity contribution is -0.107. The number of rotatable bonds is 13. The monoisotopic (exact) mass is 442 g/mol. The zero-order chi connectivity index (χ0) is 24.1. The van der Waals surface area contributed by atoms with Gasteiger partial charge in [0.15, 0.2) is 0 Å². The molecule has 170 valence electrons. The second-order valence-corrected chi connectivity index (χ2v) is 7.86. The summed E-state index contributed by atoms with van der Waals surface area (Å²) < 4.78 is 13.9. The molecule has 33 heavy (non-hydrogen) atoms. The van der Waals surface area contributed by atoms with Gasteiger partial charge in [0.1, 0.15) is 12.1 Å². The van der Waals surface area contributed by atoms with E-state index in [9.17, 15) is 14.4 Å². The van der Waals surface area contributed by atoms with E-state index in [-0.39, 0.29) is 5.83 Å². The van der Waals surface area contributed by atoms with Crippen LogP contribution in [0.1, 0.15) is 62.3 Å². The lowest BCUT2D eigenvalue weighted by Crippen LogP contribution is -2.01. The van der Waals surface area contributed by atoms with E-state index < -0.39 is 0 Å². The SMILES string of the molecule is C=C(/C=C(F)\C=C/CC)CCCc1nc(-c2ccccc2C#N)ccc1C(=C)CCCC=O. The summed E-state index contributed by atoms with van der Waals surface area (Å²) in [6, 6.07) is 13.5. The first-order chi connectivity index (χ1) is 16.0. The van der Waals surface area contributed by atoms with Crippen molar-refractivity contribution >= 4 is 11.9 Å². The van der Waals surface area contributed by atoms with E-state index in [1.807, 2.05) is 37.3 Å². The zero-order valence-electron chi connectivity index (χ0n) is 19.3. The fraction of sp³-hybridized carbons (Fsp3) is 0.276. The topological polar surface area (TPSA) is 53.8 Å². The van der Waals surface area contributed by atoms with Gasteiger partial charge < -0.3 is 4.79 Å². The summed E-state index contributed by atoms with van der Waals surface area (Å²) in [6.07, 6.45) is 10.4. The fourth-order valence-electron chi connectivity index (χ4n) is 3.53. The van der Waals surface area contributed by atoms with Crippen LogP contribution in [0, 0.1) is 11.3 Å². The molecule has 3 nitrogen and oxygen atoms in total.